The van der Waals surface area contributed by atoms with Gasteiger partial charge in [0.2, 0.25) is 5.91 Å². The van der Waals surface area contributed by atoms with Crippen LogP contribution >= 0.6 is 34.8 Å². The lowest BCUT2D eigenvalue weighted by atomic mass is 10.1. The summed E-state index contributed by atoms with van der Waals surface area (Å²) in [6, 6.07) is 11.3. The Morgan fingerprint density at radius 1 is 1.00 bits per heavy atom. The van der Waals surface area contributed by atoms with Crippen molar-refractivity contribution in [3.63, 3.8) is 0 Å². The molecule has 0 bridgehead atoms. The molecule has 0 unspecified atom stereocenters. The monoisotopic (exact) mass is 396 g/mol. The van der Waals surface area contributed by atoms with Gasteiger partial charge in [-0.25, -0.2) is 0 Å². The van der Waals surface area contributed by atoms with E-state index in [0.29, 0.717) is 39.4 Å². The minimum absolute atomic E-state index is 0.173. The van der Waals surface area contributed by atoms with E-state index in [1.54, 1.807) is 36.1 Å². The van der Waals surface area contributed by atoms with E-state index in [1.165, 1.54) is 11.0 Å². The zero-order valence-electron chi connectivity index (χ0n) is 13.4. The lowest BCUT2D eigenvalue weighted by molar-refractivity contribution is -0.124. The number of nitrogens with zero attached hydrogens (tertiary/aromatic N) is 2. The van der Waals surface area contributed by atoms with Gasteiger partial charge in [-0.2, -0.15) is 0 Å². The number of carbonyl (C=O) groups is 2. The standard InChI is InChI=1S/C18H15Cl3N2O2/c1-11-17(24)23(16-5-3-2-4-14(16)20)9-8-22(11)18(25)12-6-7-13(19)15(21)10-12/h2-7,10-11H,8-9H2,1H3/t11-/m0/s1. The average Bonchev–Trinajstić information content (AvgIpc) is 2.60. The number of anilines is 1. The molecule has 0 N–H and O–H groups in total. The number of amides is 2. The second-order valence-electron chi connectivity index (χ2n) is 5.74. The Hall–Kier alpha value is -1.75. The van der Waals surface area contributed by atoms with Crippen LogP contribution in [0.1, 0.15) is 17.3 Å². The van der Waals surface area contributed by atoms with Gasteiger partial charge in [0.25, 0.3) is 5.91 Å². The van der Waals surface area contributed by atoms with Crippen molar-refractivity contribution in [2.45, 2.75) is 13.0 Å². The summed E-state index contributed by atoms with van der Waals surface area (Å²) < 4.78 is 0. The average molecular weight is 398 g/mol. The van der Waals surface area contributed by atoms with Crippen LogP contribution < -0.4 is 4.90 Å². The smallest absolute Gasteiger partial charge is 0.254 e. The Kier molecular flexibility index (Phi) is 5.23. The van der Waals surface area contributed by atoms with E-state index < -0.39 is 6.04 Å². The number of rotatable bonds is 2. The quantitative estimate of drug-likeness (QED) is 0.747. The molecule has 25 heavy (non-hydrogen) atoms. The molecule has 2 aromatic rings. The molecular weight excluding hydrogens is 383 g/mol. The van der Waals surface area contributed by atoms with Crippen LogP contribution in [0, 0.1) is 0 Å². The van der Waals surface area contributed by atoms with Crippen LogP contribution in [0.2, 0.25) is 15.1 Å². The largest absolute Gasteiger partial charge is 0.325 e. The minimum Gasteiger partial charge on any atom is -0.325 e. The molecule has 4 nitrogen and oxygen atoms in total. The van der Waals surface area contributed by atoms with Crippen molar-refractivity contribution >= 4 is 52.3 Å². The molecule has 3 rings (SSSR count). The van der Waals surface area contributed by atoms with E-state index in [9.17, 15) is 9.59 Å². The van der Waals surface area contributed by atoms with Crippen LogP contribution in [0.4, 0.5) is 5.69 Å². The van der Waals surface area contributed by atoms with E-state index in [0.717, 1.165) is 0 Å². The second-order valence-corrected chi connectivity index (χ2v) is 6.97. The van der Waals surface area contributed by atoms with Gasteiger partial charge in [0.15, 0.2) is 0 Å². The molecule has 1 aliphatic heterocycles. The van der Waals surface area contributed by atoms with Gasteiger partial charge in [-0.1, -0.05) is 46.9 Å². The van der Waals surface area contributed by atoms with Crippen LogP contribution in [0.5, 0.6) is 0 Å². The zero-order valence-corrected chi connectivity index (χ0v) is 15.6. The Labute approximate surface area is 160 Å². The summed E-state index contributed by atoms with van der Waals surface area (Å²) in [6.07, 6.45) is 0. The number of piperazine rings is 1. The molecule has 1 aliphatic rings. The summed E-state index contributed by atoms with van der Waals surface area (Å²) in [6.45, 7) is 2.48. The summed E-state index contributed by atoms with van der Waals surface area (Å²) in [4.78, 5) is 28.7. The fraction of sp³-hybridized carbons (Fsp3) is 0.222. The Balaban J connectivity index is 1.83. The third-order valence-corrected chi connectivity index (χ3v) is 5.28. The predicted octanol–water partition coefficient (Wildman–Crippen LogP) is 4.52. The molecule has 1 heterocycles. The van der Waals surface area contributed by atoms with Crippen molar-refractivity contribution in [1.82, 2.24) is 4.90 Å². The lowest BCUT2D eigenvalue weighted by Gasteiger charge is -2.39. The fourth-order valence-electron chi connectivity index (χ4n) is 2.85. The van der Waals surface area contributed by atoms with Gasteiger partial charge in [-0.05, 0) is 37.3 Å². The number of halogens is 3. The van der Waals surface area contributed by atoms with Crippen molar-refractivity contribution in [3.8, 4) is 0 Å². The summed E-state index contributed by atoms with van der Waals surface area (Å²) in [5.41, 5.74) is 1.06. The number of hydrogen-bond donors (Lipinski definition) is 0. The Morgan fingerprint density at radius 2 is 1.72 bits per heavy atom. The predicted molar refractivity (Wildman–Crippen MR) is 101 cm³/mol. The van der Waals surface area contributed by atoms with E-state index in [1.807, 2.05) is 12.1 Å². The number of hydrogen-bond acceptors (Lipinski definition) is 2. The maximum Gasteiger partial charge on any atom is 0.254 e. The van der Waals surface area contributed by atoms with E-state index in [2.05, 4.69) is 0 Å². The maximum atomic E-state index is 12.8. The van der Waals surface area contributed by atoms with Crippen LogP contribution in [0.25, 0.3) is 0 Å². The molecule has 2 aromatic carbocycles. The molecule has 7 heteroatoms. The maximum absolute atomic E-state index is 12.8. The first kappa shape index (κ1) is 18.1. The molecule has 1 fully saturated rings. The van der Waals surface area contributed by atoms with Gasteiger partial charge >= 0.3 is 0 Å². The van der Waals surface area contributed by atoms with Crippen LogP contribution in [0.15, 0.2) is 42.5 Å². The Bertz CT molecular complexity index is 841. The van der Waals surface area contributed by atoms with Crippen molar-refractivity contribution in [2.24, 2.45) is 0 Å². The lowest BCUT2D eigenvalue weighted by Crippen LogP contribution is -2.57. The molecule has 0 aromatic heterocycles. The van der Waals surface area contributed by atoms with Crippen molar-refractivity contribution in [3.05, 3.63) is 63.1 Å². The normalized spacial score (nSPS) is 17.8. The molecule has 0 spiro atoms. The van der Waals surface area contributed by atoms with E-state index in [4.69, 9.17) is 34.8 Å². The van der Waals surface area contributed by atoms with Gasteiger partial charge in [0.05, 0.1) is 20.8 Å². The van der Waals surface area contributed by atoms with Gasteiger partial charge in [0.1, 0.15) is 6.04 Å². The summed E-state index contributed by atoms with van der Waals surface area (Å²) in [5, 5.41) is 1.19. The first-order valence-electron chi connectivity index (χ1n) is 7.72. The van der Waals surface area contributed by atoms with E-state index >= 15 is 0 Å². The van der Waals surface area contributed by atoms with Crippen LogP contribution in [-0.4, -0.2) is 35.8 Å². The van der Waals surface area contributed by atoms with E-state index in [-0.39, 0.29) is 11.8 Å². The molecule has 0 radical (unpaired) electrons. The van der Waals surface area contributed by atoms with Crippen molar-refractivity contribution < 1.29 is 9.59 Å². The second kappa shape index (κ2) is 7.24. The minimum atomic E-state index is -0.605. The zero-order chi connectivity index (χ0) is 18.1. The highest BCUT2D eigenvalue weighted by molar-refractivity contribution is 6.42. The highest BCUT2D eigenvalue weighted by atomic mass is 35.5. The molecule has 130 valence electrons. The number of para-hydroxylation sites is 1. The molecule has 0 aliphatic carbocycles. The van der Waals surface area contributed by atoms with Crippen molar-refractivity contribution in [1.29, 1.82) is 0 Å². The molecular formula is C18H15Cl3N2O2. The molecule has 2 amide bonds. The first-order valence-corrected chi connectivity index (χ1v) is 8.85. The highest BCUT2D eigenvalue weighted by Gasteiger charge is 2.36. The van der Waals surface area contributed by atoms with Crippen LogP contribution in [0.3, 0.4) is 0 Å². The highest BCUT2D eigenvalue weighted by Crippen LogP contribution is 2.29. The first-order chi connectivity index (χ1) is 11.9. The van der Waals surface area contributed by atoms with Gasteiger partial charge in [0, 0.05) is 18.7 Å². The number of benzene rings is 2. The molecule has 1 atom stereocenters. The molecule has 0 saturated carbocycles. The number of carbonyl (C=O) groups excluding carboxylic acids is 2. The van der Waals surface area contributed by atoms with Crippen LogP contribution in [-0.2, 0) is 4.79 Å². The summed E-state index contributed by atoms with van der Waals surface area (Å²) >= 11 is 18.1. The summed E-state index contributed by atoms with van der Waals surface area (Å²) in [5.74, 6) is -0.425. The van der Waals surface area contributed by atoms with Crippen molar-refractivity contribution in [2.75, 3.05) is 18.0 Å². The SMILES string of the molecule is C[C@H]1C(=O)N(c2ccccc2Cl)CCN1C(=O)c1ccc(Cl)c(Cl)c1. The third-order valence-electron chi connectivity index (χ3n) is 4.23. The van der Waals surface area contributed by atoms with Gasteiger partial charge in [-0.15, -0.1) is 0 Å². The molecule has 1 saturated heterocycles. The summed E-state index contributed by atoms with van der Waals surface area (Å²) in [7, 11) is 0. The van der Waals surface area contributed by atoms with Gasteiger partial charge < -0.3 is 9.80 Å². The fourth-order valence-corrected chi connectivity index (χ4v) is 3.39. The Morgan fingerprint density at radius 3 is 2.40 bits per heavy atom. The topological polar surface area (TPSA) is 40.6 Å². The third kappa shape index (κ3) is 3.47. The van der Waals surface area contributed by atoms with Gasteiger partial charge in [-0.3, -0.25) is 9.59 Å².